The van der Waals surface area contributed by atoms with Crippen molar-refractivity contribution in [1.29, 1.82) is 0 Å². The number of rotatable bonds is 6. The number of likely N-dealkylation sites (tertiary alicyclic amines) is 1. The van der Waals surface area contributed by atoms with E-state index in [9.17, 15) is 4.79 Å². The van der Waals surface area contributed by atoms with Crippen LogP contribution in [0.5, 0.6) is 5.75 Å². The zero-order valence-electron chi connectivity index (χ0n) is 16.9. The Balaban J connectivity index is 1.41. The summed E-state index contributed by atoms with van der Waals surface area (Å²) in [4.78, 5) is 23.2. The predicted octanol–water partition coefficient (Wildman–Crippen LogP) is 3.12. The molecular formula is C22H24ClN5O2. The van der Waals surface area contributed by atoms with Gasteiger partial charge in [0.05, 0.1) is 25.5 Å². The number of halogens is 1. The normalized spacial score (nSPS) is 15.3. The van der Waals surface area contributed by atoms with Gasteiger partial charge >= 0.3 is 0 Å². The first-order valence-electron chi connectivity index (χ1n) is 10.0. The van der Waals surface area contributed by atoms with E-state index in [1.807, 2.05) is 24.3 Å². The first-order chi connectivity index (χ1) is 14.6. The van der Waals surface area contributed by atoms with Crippen LogP contribution in [-0.2, 0) is 6.54 Å². The van der Waals surface area contributed by atoms with Crippen LogP contribution >= 0.6 is 11.6 Å². The topological polar surface area (TPSA) is 73.1 Å². The van der Waals surface area contributed by atoms with E-state index in [-0.39, 0.29) is 10.7 Å². The van der Waals surface area contributed by atoms with Crippen LogP contribution < -0.4 is 10.3 Å². The van der Waals surface area contributed by atoms with Crippen LogP contribution in [0, 0.1) is 5.92 Å². The van der Waals surface area contributed by atoms with Crippen molar-refractivity contribution >= 4 is 11.6 Å². The average molecular weight is 426 g/mol. The second-order valence-electron chi connectivity index (χ2n) is 7.65. The summed E-state index contributed by atoms with van der Waals surface area (Å²) >= 11 is 5.90. The van der Waals surface area contributed by atoms with E-state index in [0.29, 0.717) is 30.6 Å². The number of hydrogen-bond acceptors (Lipinski definition) is 6. The van der Waals surface area contributed by atoms with E-state index < -0.39 is 0 Å². The lowest BCUT2D eigenvalue weighted by Gasteiger charge is -2.28. The first kappa shape index (κ1) is 20.5. The molecule has 156 valence electrons. The Morgan fingerprint density at radius 3 is 2.67 bits per heavy atom. The molecule has 1 aliphatic heterocycles. The molecule has 2 aromatic heterocycles. The number of piperidine rings is 1. The van der Waals surface area contributed by atoms with Gasteiger partial charge in [-0.2, -0.15) is 5.10 Å². The molecule has 0 unspecified atom stereocenters. The smallest absolute Gasteiger partial charge is 0.267 e. The van der Waals surface area contributed by atoms with Crippen molar-refractivity contribution in [3.63, 3.8) is 0 Å². The molecule has 0 amide bonds. The van der Waals surface area contributed by atoms with E-state index in [0.717, 1.165) is 37.1 Å². The fourth-order valence-electron chi connectivity index (χ4n) is 3.50. The maximum atomic E-state index is 12.0. The quantitative estimate of drug-likeness (QED) is 0.604. The van der Waals surface area contributed by atoms with Gasteiger partial charge in [-0.25, -0.2) is 14.6 Å². The van der Waals surface area contributed by atoms with Crippen molar-refractivity contribution in [2.24, 2.45) is 5.92 Å². The van der Waals surface area contributed by atoms with Gasteiger partial charge in [-0.1, -0.05) is 29.8 Å². The second-order valence-corrected chi connectivity index (χ2v) is 8.04. The Morgan fingerprint density at radius 1 is 1.13 bits per heavy atom. The number of nitrogens with zero attached hydrogens (tertiary/aromatic N) is 5. The highest BCUT2D eigenvalue weighted by molar-refractivity contribution is 6.29. The molecular weight excluding hydrogens is 402 g/mol. The van der Waals surface area contributed by atoms with Gasteiger partial charge in [0.2, 0.25) is 0 Å². The van der Waals surface area contributed by atoms with Gasteiger partial charge in [0.25, 0.3) is 5.56 Å². The fraction of sp³-hybridized carbons (Fsp3) is 0.364. The maximum absolute atomic E-state index is 12.0. The number of aromatic nitrogens is 4. The Kier molecular flexibility index (Phi) is 6.40. The van der Waals surface area contributed by atoms with E-state index in [1.54, 1.807) is 12.4 Å². The second kappa shape index (κ2) is 9.36. The Labute approximate surface area is 180 Å². The van der Waals surface area contributed by atoms with Crippen LogP contribution in [0.25, 0.3) is 11.4 Å². The van der Waals surface area contributed by atoms with E-state index in [1.165, 1.54) is 16.8 Å². The van der Waals surface area contributed by atoms with E-state index in [2.05, 4.69) is 27.0 Å². The predicted molar refractivity (Wildman–Crippen MR) is 116 cm³/mol. The van der Waals surface area contributed by atoms with Crippen molar-refractivity contribution in [1.82, 2.24) is 24.6 Å². The minimum atomic E-state index is -0.202. The molecule has 1 fully saturated rings. The first-order valence-corrected chi connectivity index (χ1v) is 10.4. The zero-order chi connectivity index (χ0) is 20.9. The molecule has 3 heterocycles. The van der Waals surface area contributed by atoms with E-state index >= 15 is 0 Å². The molecule has 0 aliphatic carbocycles. The molecule has 0 radical (unpaired) electrons. The molecule has 7 nitrogen and oxygen atoms in total. The lowest BCUT2D eigenvalue weighted by molar-refractivity contribution is 0.159. The zero-order valence-corrected chi connectivity index (χ0v) is 17.6. The highest BCUT2D eigenvalue weighted by Gasteiger charge is 2.17. The lowest BCUT2D eigenvalue weighted by atomic mass is 9.98. The van der Waals surface area contributed by atoms with Crippen LogP contribution in [0.3, 0.4) is 0 Å². The maximum Gasteiger partial charge on any atom is 0.267 e. The summed E-state index contributed by atoms with van der Waals surface area (Å²) in [5.41, 5.74) is 1.58. The Hall–Kier alpha value is -2.77. The van der Waals surface area contributed by atoms with Gasteiger partial charge in [0, 0.05) is 11.6 Å². The third-order valence-electron chi connectivity index (χ3n) is 5.30. The van der Waals surface area contributed by atoms with Crippen LogP contribution in [0.2, 0.25) is 5.15 Å². The molecule has 0 bridgehead atoms. The molecule has 0 atom stereocenters. The van der Waals surface area contributed by atoms with Gasteiger partial charge in [0.15, 0.2) is 11.6 Å². The third kappa shape index (κ3) is 5.23. The largest absolute Gasteiger partial charge is 0.490 e. The van der Waals surface area contributed by atoms with Gasteiger partial charge < -0.3 is 9.64 Å². The van der Waals surface area contributed by atoms with Crippen molar-refractivity contribution in [2.45, 2.75) is 19.4 Å². The van der Waals surface area contributed by atoms with Gasteiger partial charge in [0.1, 0.15) is 5.15 Å². The minimum Gasteiger partial charge on any atom is -0.490 e. The summed E-state index contributed by atoms with van der Waals surface area (Å²) in [7, 11) is 2.16. The summed E-state index contributed by atoms with van der Waals surface area (Å²) in [6, 6.07) is 10.6. The van der Waals surface area contributed by atoms with Gasteiger partial charge in [-0.15, -0.1) is 0 Å². The summed E-state index contributed by atoms with van der Waals surface area (Å²) < 4.78 is 7.23. The molecule has 0 spiro atoms. The van der Waals surface area contributed by atoms with Crippen LogP contribution in [0.15, 0.2) is 53.6 Å². The Bertz CT molecular complexity index is 1050. The summed E-state index contributed by atoms with van der Waals surface area (Å²) in [6.45, 7) is 3.27. The molecule has 4 rings (SSSR count). The SMILES string of the molecule is CN1CCC(COc2cnc(-c3cccc(Cn4nc(Cl)ccc4=O)c3)nc2)CC1. The number of ether oxygens (including phenoxy) is 1. The standard InChI is InChI=1S/C22H24ClN5O2/c1-27-9-7-16(8-10-27)15-30-19-12-24-22(25-13-19)18-4-2-3-17(11-18)14-28-21(29)6-5-20(23)26-28/h2-6,11-13,16H,7-10,14-15H2,1H3. The van der Waals surface area contributed by atoms with Crippen molar-refractivity contribution < 1.29 is 4.74 Å². The molecule has 1 saturated heterocycles. The third-order valence-corrected chi connectivity index (χ3v) is 5.51. The number of benzene rings is 1. The fourth-order valence-corrected chi connectivity index (χ4v) is 3.66. The van der Waals surface area contributed by atoms with Gasteiger partial charge in [-0.3, -0.25) is 4.79 Å². The molecule has 1 aromatic carbocycles. The molecule has 8 heteroatoms. The average Bonchev–Trinajstić information content (AvgIpc) is 2.76. The molecule has 30 heavy (non-hydrogen) atoms. The monoisotopic (exact) mass is 425 g/mol. The van der Waals surface area contributed by atoms with Crippen molar-refractivity contribution in [3.05, 3.63) is 69.9 Å². The van der Waals surface area contributed by atoms with Crippen molar-refractivity contribution in [3.8, 4) is 17.1 Å². The summed E-state index contributed by atoms with van der Waals surface area (Å²) in [5.74, 6) is 1.87. The minimum absolute atomic E-state index is 0.202. The number of hydrogen-bond donors (Lipinski definition) is 0. The van der Waals surface area contributed by atoms with Crippen LogP contribution in [0.4, 0.5) is 0 Å². The lowest BCUT2D eigenvalue weighted by Crippen LogP contribution is -2.32. The van der Waals surface area contributed by atoms with Crippen molar-refractivity contribution in [2.75, 3.05) is 26.7 Å². The Morgan fingerprint density at radius 2 is 1.90 bits per heavy atom. The molecule has 1 aliphatic rings. The van der Waals surface area contributed by atoms with Crippen LogP contribution in [-0.4, -0.2) is 51.4 Å². The van der Waals surface area contributed by atoms with E-state index in [4.69, 9.17) is 16.3 Å². The van der Waals surface area contributed by atoms with Crippen LogP contribution in [0.1, 0.15) is 18.4 Å². The molecule has 0 saturated carbocycles. The molecule has 0 N–H and O–H groups in total. The summed E-state index contributed by atoms with van der Waals surface area (Å²) in [6.07, 6.45) is 5.75. The van der Waals surface area contributed by atoms with Gasteiger partial charge in [-0.05, 0) is 56.6 Å². The molecule has 3 aromatic rings. The highest BCUT2D eigenvalue weighted by atomic mass is 35.5. The highest BCUT2D eigenvalue weighted by Crippen LogP contribution is 2.20. The summed E-state index contributed by atoms with van der Waals surface area (Å²) in [5, 5.41) is 4.35.